The summed E-state index contributed by atoms with van der Waals surface area (Å²) in [6, 6.07) is 14.6. The molecule has 0 saturated carbocycles. The summed E-state index contributed by atoms with van der Waals surface area (Å²) in [5.41, 5.74) is 2.64. The van der Waals surface area contributed by atoms with Crippen molar-refractivity contribution in [2.75, 3.05) is 0 Å². The monoisotopic (exact) mass is 447 g/mol. The Morgan fingerprint density at radius 2 is 1.41 bits per heavy atom. The number of benzene rings is 2. The predicted octanol–water partition coefficient (Wildman–Crippen LogP) is 3.27. The summed E-state index contributed by atoms with van der Waals surface area (Å²) in [5, 5.41) is 0.251. The number of ketones is 1. The van der Waals surface area contributed by atoms with Gasteiger partial charge in [0.1, 0.15) is 0 Å². The summed E-state index contributed by atoms with van der Waals surface area (Å²) in [4.78, 5) is 43.7. The minimum atomic E-state index is -0.479. The molecule has 142 valence electrons. The molecule has 0 fully saturated rings. The van der Waals surface area contributed by atoms with E-state index in [-0.39, 0.29) is 16.8 Å². The Kier molecular flexibility index (Phi) is 3.73. The van der Waals surface area contributed by atoms with Crippen molar-refractivity contribution in [3.63, 3.8) is 0 Å². The molecule has 0 radical (unpaired) electrons. The first-order chi connectivity index (χ1) is 13.9. The van der Waals surface area contributed by atoms with Crippen molar-refractivity contribution < 1.29 is 4.79 Å². The van der Waals surface area contributed by atoms with E-state index in [2.05, 4.69) is 20.9 Å². The fourth-order valence-electron chi connectivity index (χ4n) is 3.96. The molecule has 2 heterocycles. The Morgan fingerprint density at radius 3 is 2.10 bits per heavy atom. The van der Waals surface area contributed by atoms with Crippen LogP contribution in [0.1, 0.15) is 15.9 Å². The lowest BCUT2D eigenvalue weighted by Crippen LogP contribution is -2.37. The lowest BCUT2D eigenvalue weighted by atomic mass is 9.95. The maximum atomic E-state index is 13.4. The molecule has 0 atom stereocenters. The van der Waals surface area contributed by atoms with Gasteiger partial charge in [-0.05, 0) is 11.6 Å². The standard InChI is InChI=1S/C22H14BrN3O3/c1-25-20-17(21(28)26(2)22(25)29)15(13-9-5-6-10-14(13)23)16-18(24-20)11-7-3-4-8-12(11)19(16)27/h3-10H,1-2H3. The molecular weight excluding hydrogens is 434 g/mol. The number of aromatic nitrogens is 3. The highest BCUT2D eigenvalue weighted by Gasteiger charge is 2.34. The van der Waals surface area contributed by atoms with Gasteiger partial charge in [-0.1, -0.05) is 58.4 Å². The van der Waals surface area contributed by atoms with Crippen LogP contribution < -0.4 is 11.2 Å². The number of hydrogen-bond donors (Lipinski definition) is 0. The van der Waals surface area contributed by atoms with Crippen molar-refractivity contribution >= 4 is 32.7 Å². The Hall–Kier alpha value is -3.32. The summed E-state index contributed by atoms with van der Waals surface area (Å²) in [6.45, 7) is 0. The fourth-order valence-corrected chi connectivity index (χ4v) is 4.44. The number of aryl methyl sites for hydroxylation is 1. The van der Waals surface area contributed by atoms with Crippen molar-refractivity contribution in [3.8, 4) is 22.4 Å². The zero-order valence-electron chi connectivity index (χ0n) is 15.6. The Bertz CT molecular complexity index is 1500. The van der Waals surface area contributed by atoms with Crippen LogP contribution in [-0.4, -0.2) is 19.9 Å². The topological polar surface area (TPSA) is 74.0 Å². The van der Waals surface area contributed by atoms with Gasteiger partial charge in [-0.15, -0.1) is 0 Å². The van der Waals surface area contributed by atoms with Gasteiger partial charge in [0, 0.05) is 35.3 Å². The highest BCUT2D eigenvalue weighted by Crippen LogP contribution is 2.44. The Morgan fingerprint density at radius 1 is 0.793 bits per heavy atom. The van der Waals surface area contributed by atoms with Crippen LogP contribution in [0.3, 0.4) is 0 Å². The molecule has 0 aliphatic heterocycles. The van der Waals surface area contributed by atoms with E-state index >= 15 is 0 Å². The number of fused-ring (bicyclic) bond motifs is 4. The molecule has 0 saturated heterocycles. The summed E-state index contributed by atoms with van der Waals surface area (Å²) in [7, 11) is 3.01. The number of pyridine rings is 1. The highest BCUT2D eigenvalue weighted by molar-refractivity contribution is 9.10. The van der Waals surface area contributed by atoms with Gasteiger partial charge >= 0.3 is 5.69 Å². The first-order valence-corrected chi connectivity index (χ1v) is 9.74. The second-order valence-electron chi connectivity index (χ2n) is 6.97. The van der Waals surface area contributed by atoms with E-state index in [0.717, 1.165) is 9.04 Å². The molecule has 1 aliphatic carbocycles. The van der Waals surface area contributed by atoms with E-state index in [1.165, 1.54) is 11.6 Å². The first kappa shape index (κ1) is 17.8. The average molecular weight is 448 g/mol. The van der Waals surface area contributed by atoms with Crippen LogP contribution in [0.15, 0.2) is 62.6 Å². The largest absolute Gasteiger partial charge is 0.332 e. The quantitative estimate of drug-likeness (QED) is 0.395. The van der Waals surface area contributed by atoms with Crippen LogP contribution in [-0.2, 0) is 14.1 Å². The number of halogens is 1. The van der Waals surface area contributed by atoms with Crippen LogP contribution in [0.4, 0.5) is 0 Å². The zero-order chi connectivity index (χ0) is 20.4. The highest BCUT2D eigenvalue weighted by atomic mass is 79.9. The lowest BCUT2D eigenvalue weighted by Gasteiger charge is -2.15. The van der Waals surface area contributed by atoms with Gasteiger partial charge in [-0.25, -0.2) is 9.78 Å². The zero-order valence-corrected chi connectivity index (χ0v) is 17.1. The molecule has 0 N–H and O–H groups in total. The Labute approximate surface area is 173 Å². The molecule has 6 nitrogen and oxygen atoms in total. The second kappa shape index (κ2) is 6.09. The molecule has 1 aliphatic rings. The molecule has 4 aromatic rings. The fraction of sp³-hybridized carbons (Fsp3) is 0.0909. The van der Waals surface area contributed by atoms with Crippen LogP contribution in [0.2, 0.25) is 0 Å². The van der Waals surface area contributed by atoms with Crippen LogP contribution >= 0.6 is 15.9 Å². The minimum absolute atomic E-state index is 0.174. The van der Waals surface area contributed by atoms with Gasteiger partial charge in [0.05, 0.1) is 16.6 Å². The summed E-state index contributed by atoms with van der Waals surface area (Å²) in [5.74, 6) is -0.174. The molecule has 0 unspecified atom stereocenters. The van der Waals surface area contributed by atoms with Crippen molar-refractivity contribution in [1.82, 2.24) is 14.1 Å². The normalized spacial score (nSPS) is 12.3. The van der Waals surface area contributed by atoms with Crippen LogP contribution in [0.5, 0.6) is 0 Å². The van der Waals surface area contributed by atoms with E-state index in [1.54, 1.807) is 19.2 Å². The molecule has 5 rings (SSSR count). The van der Waals surface area contributed by atoms with Crippen molar-refractivity contribution in [2.45, 2.75) is 0 Å². The third-order valence-corrected chi connectivity index (χ3v) is 6.08. The van der Waals surface area contributed by atoms with Crippen molar-refractivity contribution in [2.24, 2.45) is 14.1 Å². The van der Waals surface area contributed by atoms with E-state index in [4.69, 9.17) is 0 Å². The van der Waals surface area contributed by atoms with Crippen molar-refractivity contribution in [1.29, 1.82) is 0 Å². The van der Waals surface area contributed by atoms with Crippen molar-refractivity contribution in [3.05, 3.63) is 85.0 Å². The van der Waals surface area contributed by atoms with Gasteiger partial charge in [-0.2, -0.15) is 0 Å². The molecule has 2 aromatic carbocycles. The van der Waals surface area contributed by atoms with Crippen LogP contribution in [0, 0.1) is 0 Å². The average Bonchev–Trinajstić information content (AvgIpc) is 3.02. The molecule has 0 spiro atoms. The third-order valence-electron chi connectivity index (χ3n) is 5.39. The van der Waals surface area contributed by atoms with E-state index < -0.39 is 11.2 Å². The third kappa shape index (κ3) is 2.28. The van der Waals surface area contributed by atoms with Gasteiger partial charge in [0.15, 0.2) is 11.4 Å². The summed E-state index contributed by atoms with van der Waals surface area (Å²) in [6.07, 6.45) is 0. The molecular formula is C22H14BrN3O3. The first-order valence-electron chi connectivity index (χ1n) is 8.94. The maximum Gasteiger partial charge on any atom is 0.332 e. The van der Waals surface area contributed by atoms with E-state index in [0.29, 0.717) is 33.5 Å². The number of nitrogens with zero attached hydrogens (tertiary/aromatic N) is 3. The maximum absolute atomic E-state index is 13.4. The minimum Gasteiger partial charge on any atom is -0.288 e. The molecule has 0 bridgehead atoms. The van der Waals surface area contributed by atoms with E-state index in [1.807, 2.05) is 36.4 Å². The number of carbonyl (C=O) groups is 1. The summed E-state index contributed by atoms with van der Waals surface area (Å²) < 4.78 is 3.14. The SMILES string of the molecule is Cn1c(=O)c2c(-c3ccccc3Br)c3c(nc2n(C)c1=O)-c1ccccc1C3=O. The molecule has 2 aromatic heterocycles. The van der Waals surface area contributed by atoms with Gasteiger partial charge < -0.3 is 0 Å². The van der Waals surface area contributed by atoms with Crippen LogP contribution in [0.25, 0.3) is 33.4 Å². The number of rotatable bonds is 1. The van der Waals surface area contributed by atoms with Gasteiger partial charge in [0.2, 0.25) is 0 Å². The van der Waals surface area contributed by atoms with Gasteiger partial charge in [-0.3, -0.25) is 18.7 Å². The molecule has 7 heteroatoms. The predicted molar refractivity (Wildman–Crippen MR) is 114 cm³/mol. The smallest absolute Gasteiger partial charge is 0.288 e. The number of hydrogen-bond acceptors (Lipinski definition) is 4. The van der Waals surface area contributed by atoms with E-state index in [9.17, 15) is 14.4 Å². The number of carbonyl (C=O) groups excluding carboxylic acids is 1. The second-order valence-corrected chi connectivity index (χ2v) is 7.82. The molecule has 0 amide bonds. The van der Waals surface area contributed by atoms with Gasteiger partial charge in [0.25, 0.3) is 5.56 Å². The Balaban J connectivity index is 2.11. The lowest BCUT2D eigenvalue weighted by molar-refractivity contribution is 0.104. The molecule has 29 heavy (non-hydrogen) atoms. The summed E-state index contributed by atoms with van der Waals surface area (Å²) >= 11 is 3.55.